The monoisotopic (exact) mass is 487 g/mol. The average Bonchev–Trinajstić information content (AvgIpc) is 2.79. The summed E-state index contributed by atoms with van der Waals surface area (Å²) in [5.74, 6) is 0. The third kappa shape index (κ3) is 5.69. The quantitative estimate of drug-likeness (QED) is 0.412. The van der Waals surface area contributed by atoms with Crippen LogP contribution in [0.1, 0.15) is 30.0 Å². The molecular formula is C25H24Cl3N3O. The van der Waals surface area contributed by atoms with Gasteiger partial charge >= 0.3 is 6.03 Å². The maximum Gasteiger partial charge on any atom is 0.315 e. The van der Waals surface area contributed by atoms with E-state index in [1.807, 2.05) is 66.7 Å². The van der Waals surface area contributed by atoms with Gasteiger partial charge in [-0.2, -0.15) is 0 Å². The van der Waals surface area contributed by atoms with Gasteiger partial charge in [0.15, 0.2) is 0 Å². The molecule has 3 aromatic rings. The lowest BCUT2D eigenvalue weighted by Gasteiger charge is -2.42. The fourth-order valence-electron chi connectivity index (χ4n) is 4.11. The number of anilines is 1. The molecule has 2 atom stereocenters. The first-order chi connectivity index (χ1) is 15.5. The molecule has 32 heavy (non-hydrogen) atoms. The van der Waals surface area contributed by atoms with Gasteiger partial charge in [-0.05, 0) is 54.3 Å². The van der Waals surface area contributed by atoms with Gasteiger partial charge in [-0.25, -0.2) is 4.79 Å². The zero-order valence-corrected chi connectivity index (χ0v) is 19.7. The third-order valence-electron chi connectivity index (χ3n) is 5.71. The van der Waals surface area contributed by atoms with E-state index in [1.165, 1.54) is 0 Å². The van der Waals surface area contributed by atoms with E-state index in [1.54, 1.807) is 6.07 Å². The van der Waals surface area contributed by atoms with Crippen LogP contribution in [0.15, 0.2) is 72.8 Å². The molecule has 1 fully saturated rings. The van der Waals surface area contributed by atoms with Crippen LogP contribution in [0.4, 0.5) is 10.5 Å². The zero-order chi connectivity index (χ0) is 22.5. The highest BCUT2D eigenvalue weighted by molar-refractivity contribution is 6.36. The van der Waals surface area contributed by atoms with Gasteiger partial charge in [0.2, 0.25) is 0 Å². The molecule has 2 unspecified atom stereocenters. The number of amides is 2. The van der Waals surface area contributed by atoms with Crippen molar-refractivity contribution in [2.45, 2.75) is 31.5 Å². The molecule has 7 heteroatoms. The number of rotatable bonds is 5. The molecule has 0 aromatic heterocycles. The predicted octanol–water partition coefficient (Wildman–Crippen LogP) is 6.86. The van der Waals surface area contributed by atoms with Gasteiger partial charge in [-0.3, -0.25) is 0 Å². The second kappa shape index (κ2) is 10.5. The number of benzene rings is 3. The molecule has 1 aliphatic heterocycles. The van der Waals surface area contributed by atoms with Crippen LogP contribution in [0.3, 0.4) is 0 Å². The Morgan fingerprint density at radius 3 is 2.38 bits per heavy atom. The van der Waals surface area contributed by atoms with Gasteiger partial charge in [0.05, 0.1) is 16.8 Å². The summed E-state index contributed by atoms with van der Waals surface area (Å²) in [5.41, 5.74) is 3.12. The molecule has 4 nitrogen and oxygen atoms in total. The Hall–Kier alpha value is -2.40. The molecule has 3 aromatic carbocycles. The topological polar surface area (TPSA) is 44.4 Å². The van der Waals surface area contributed by atoms with Crippen molar-refractivity contribution in [2.75, 3.05) is 11.4 Å². The van der Waals surface area contributed by atoms with Crippen molar-refractivity contribution < 1.29 is 4.79 Å². The second-order valence-corrected chi connectivity index (χ2v) is 9.17. The summed E-state index contributed by atoms with van der Waals surface area (Å²) in [5, 5.41) is 8.00. The number of carbonyl (C=O) groups excluding carboxylic acids is 1. The van der Waals surface area contributed by atoms with Crippen LogP contribution in [0, 0.1) is 0 Å². The lowest BCUT2D eigenvalue weighted by Crippen LogP contribution is -2.49. The van der Waals surface area contributed by atoms with Gasteiger partial charge in [-0.1, -0.05) is 77.3 Å². The van der Waals surface area contributed by atoms with Gasteiger partial charge < -0.3 is 15.5 Å². The minimum Gasteiger partial charge on any atom is -0.363 e. The van der Waals surface area contributed by atoms with Crippen molar-refractivity contribution in [1.29, 1.82) is 0 Å². The van der Waals surface area contributed by atoms with Crippen LogP contribution >= 0.6 is 34.8 Å². The third-order valence-corrected chi connectivity index (χ3v) is 6.50. The van der Waals surface area contributed by atoms with E-state index >= 15 is 0 Å². The largest absolute Gasteiger partial charge is 0.363 e. The van der Waals surface area contributed by atoms with Crippen molar-refractivity contribution >= 4 is 46.5 Å². The summed E-state index contributed by atoms with van der Waals surface area (Å²) < 4.78 is 0. The fourth-order valence-corrected chi connectivity index (χ4v) is 4.76. The number of hydrogen-bond donors (Lipinski definition) is 2. The molecule has 2 amide bonds. The Kier molecular flexibility index (Phi) is 7.46. The molecule has 1 saturated heterocycles. The lowest BCUT2D eigenvalue weighted by molar-refractivity contribution is 0.232. The van der Waals surface area contributed by atoms with Crippen molar-refractivity contribution in [3.63, 3.8) is 0 Å². The van der Waals surface area contributed by atoms with Gasteiger partial charge in [0.25, 0.3) is 0 Å². The minimum atomic E-state index is -0.160. The molecule has 1 heterocycles. The first-order valence-corrected chi connectivity index (χ1v) is 11.7. The van der Waals surface area contributed by atoms with Gasteiger partial charge in [0.1, 0.15) is 0 Å². The Labute approximate surface area is 203 Å². The van der Waals surface area contributed by atoms with Crippen LogP contribution < -0.4 is 15.5 Å². The average molecular weight is 489 g/mol. The summed E-state index contributed by atoms with van der Waals surface area (Å²) in [4.78, 5) is 14.8. The molecule has 0 saturated carbocycles. The molecule has 0 spiro atoms. The minimum absolute atomic E-state index is 0.0359. The molecule has 4 rings (SSSR count). The second-order valence-electron chi connectivity index (χ2n) is 7.89. The van der Waals surface area contributed by atoms with Crippen molar-refractivity contribution in [3.8, 4) is 0 Å². The number of piperidine rings is 1. The van der Waals surface area contributed by atoms with Crippen LogP contribution in [-0.2, 0) is 6.54 Å². The predicted molar refractivity (Wildman–Crippen MR) is 133 cm³/mol. The Balaban J connectivity index is 1.48. The molecule has 1 aliphatic rings. The number of nitrogens with one attached hydrogen (secondary N) is 2. The lowest BCUT2D eigenvalue weighted by atomic mass is 9.91. The normalized spacial score (nSPS) is 18.3. The number of halogens is 3. The van der Waals surface area contributed by atoms with E-state index in [4.69, 9.17) is 34.8 Å². The summed E-state index contributed by atoms with van der Waals surface area (Å²) in [6.45, 7) is 1.24. The molecule has 166 valence electrons. The molecule has 0 radical (unpaired) electrons. The maximum absolute atomic E-state index is 12.5. The van der Waals surface area contributed by atoms with Gasteiger partial charge in [0, 0.05) is 29.2 Å². The number of nitrogens with zero attached hydrogens (tertiary/aromatic N) is 1. The molecular weight excluding hydrogens is 465 g/mol. The van der Waals surface area contributed by atoms with Crippen LogP contribution in [-0.4, -0.2) is 18.6 Å². The standard InChI is InChI=1S/C25H24Cl3N3O/c26-19-8-6-18(7-9-19)24-15-21(30-25(32)29-16-17-4-2-1-3-5-17)12-13-31(24)23-11-10-20(27)14-22(23)28/h1-11,14,21,24H,12-13,15-16H2,(H2,29,30,32). The van der Waals surface area contributed by atoms with Crippen molar-refractivity contribution in [1.82, 2.24) is 10.6 Å². The number of hydrogen-bond acceptors (Lipinski definition) is 2. The van der Waals surface area contributed by atoms with E-state index in [9.17, 15) is 4.79 Å². The van der Waals surface area contributed by atoms with Crippen LogP contribution in [0.25, 0.3) is 0 Å². The smallest absolute Gasteiger partial charge is 0.315 e. The Bertz CT molecular complexity index is 1060. The maximum atomic E-state index is 12.5. The van der Waals surface area contributed by atoms with E-state index in [0.29, 0.717) is 21.6 Å². The zero-order valence-electron chi connectivity index (χ0n) is 17.4. The molecule has 0 bridgehead atoms. The molecule has 0 aliphatic carbocycles. The Morgan fingerprint density at radius 2 is 1.66 bits per heavy atom. The Morgan fingerprint density at radius 1 is 0.938 bits per heavy atom. The SMILES string of the molecule is O=C(NCc1ccccc1)NC1CCN(c2ccc(Cl)cc2Cl)C(c2ccc(Cl)cc2)C1. The van der Waals surface area contributed by atoms with E-state index in [-0.39, 0.29) is 18.1 Å². The van der Waals surface area contributed by atoms with Gasteiger partial charge in [-0.15, -0.1) is 0 Å². The van der Waals surface area contributed by atoms with Crippen molar-refractivity contribution in [2.24, 2.45) is 0 Å². The summed E-state index contributed by atoms with van der Waals surface area (Å²) in [7, 11) is 0. The summed E-state index contributed by atoms with van der Waals surface area (Å²) >= 11 is 18.8. The molecule has 2 N–H and O–H groups in total. The van der Waals surface area contributed by atoms with E-state index < -0.39 is 0 Å². The van der Waals surface area contributed by atoms with Crippen molar-refractivity contribution in [3.05, 3.63) is 99.0 Å². The highest BCUT2D eigenvalue weighted by atomic mass is 35.5. The van der Waals surface area contributed by atoms with Crippen LogP contribution in [0.5, 0.6) is 0 Å². The summed E-state index contributed by atoms with van der Waals surface area (Å²) in [6.07, 6.45) is 1.56. The van der Waals surface area contributed by atoms with E-state index in [0.717, 1.165) is 36.2 Å². The highest BCUT2D eigenvalue weighted by Gasteiger charge is 2.31. The summed E-state index contributed by atoms with van der Waals surface area (Å²) in [6, 6.07) is 23.2. The first kappa shape index (κ1) is 22.8. The number of carbonyl (C=O) groups is 1. The highest BCUT2D eigenvalue weighted by Crippen LogP contribution is 2.39. The first-order valence-electron chi connectivity index (χ1n) is 10.5. The van der Waals surface area contributed by atoms with Crippen LogP contribution in [0.2, 0.25) is 15.1 Å². The number of urea groups is 1. The fraction of sp³-hybridized carbons (Fsp3) is 0.240. The van der Waals surface area contributed by atoms with E-state index in [2.05, 4.69) is 15.5 Å².